The van der Waals surface area contributed by atoms with Crippen LogP contribution < -0.4 is 5.32 Å². The summed E-state index contributed by atoms with van der Waals surface area (Å²) in [5.74, 6) is 2.06. The molecular weight excluding hydrogens is 194 g/mol. The Morgan fingerprint density at radius 1 is 1.12 bits per heavy atom. The fraction of sp³-hybridized carbons (Fsp3) is 1.00. The first-order valence-corrected chi connectivity index (χ1v) is 7.35. The van der Waals surface area contributed by atoms with Crippen LogP contribution in [0, 0.1) is 17.3 Å². The zero-order valence-corrected chi connectivity index (χ0v) is 11.4. The van der Waals surface area contributed by atoms with Gasteiger partial charge >= 0.3 is 0 Å². The molecule has 0 radical (unpaired) electrons. The first-order chi connectivity index (χ1) is 7.68. The molecular formula is C15H29N. The molecule has 0 heterocycles. The Morgan fingerprint density at radius 3 is 2.31 bits per heavy atom. The highest BCUT2D eigenvalue weighted by atomic mass is 14.9. The quantitative estimate of drug-likeness (QED) is 0.763. The summed E-state index contributed by atoms with van der Waals surface area (Å²) in [6, 6.07) is 0.800. The summed E-state index contributed by atoms with van der Waals surface area (Å²) in [7, 11) is 2.13. The van der Waals surface area contributed by atoms with Crippen molar-refractivity contribution in [2.24, 2.45) is 17.3 Å². The topological polar surface area (TPSA) is 12.0 Å². The van der Waals surface area contributed by atoms with Crippen molar-refractivity contribution in [3.8, 4) is 0 Å². The molecule has 16 heavy (non-hydrogen) atoms. The lowest BCUT2D eigenvalue weighted by Crippen LogP contribution is -2.31. The van der Waals surface area contributed by atoms with Crippen LogP contribution in [-0.2, 0) is 0 Å². The molecule has 0 aliphatic heterocycles. The molecule has 2 aliphatic carbocycles. The summed E-state index contributed by atoms with van der Waals surface area (Å²) in [6.07, 6.45) is 11.7. The minimum Gasteiger partial charge on any atom is -0.317 e. The van der Waals surface area contributed by atoms with Crippen molar-refractivity contribution in [3.05, 3.63) is 0 Å². The Morgan fingerprint density at radius 2 is 1.81 bits per heavy atom. The second-order valence-electron chi connectivity index (χ2n) is 6.51. The third-order valence-corrected chi connectivity index (χ3v) is 5.59. The highest BCUT2D eigenvalue weighted by Crippen LogP contribution is 2.50. The van der Waals surface area contributed by atoms with Gasteiger partial charge in [-0.1, -0.05) is 33.1 Å². The first-order valence-electron chi connectivity index (χ1n) is 7.35. The average Bonchev–Trinajstić information content (AvgIpc) is 2.73. The van der Waals surface area contributed by atoms with Gasteiger partial charge in [0, 0.05) is 6.04 Å². The van der Waals surface area contributed by atoms with Crippen LogP contribution in [0.1, 0.15) is 65.2 Å². The maximum Gasteiger partial charge on any atom is 0.00695 e. The number of hydrogen-bond acceptors (Lipinski definition) is 1. The zero-order valence-electron chi connectivity index (χ0n) is 11.4. The van der Waals surface area contributed by atoms with Crippen LogP contribution in [0.4, 0.5) is 0 Å². The van der Waals surface area contributed by atoms with E-state index in [-0.39, 0.29) is 0 Å². The Hall–Kier alpha value is -0.0400. The van der Waals surface area contributed by atoms with Crippen molar-refractivity contribution in [1.82, 2.24) is 5.32 Å². The lowest BCUT2D eigenvalue weighted by atomic mass is 9.66. The summed E-state index contributed by atoms with van der Waals surface area (Å²) < 4.78 is 0. The minimum atomic E-state index is 0.659. The van der Waals surface area contributed by atoms with Gasteiger partial charge in [0.05, 0.1) is 0 Å². The fourth-order valence-electron chi connectivity index (χ4n) is 4.16. The molecule has 0 spiro atoms. The monoisotopic (exact) mass is 223 g/mol. The molecule has 1 nitrogen and oxygen atoms in total. The van der Waals surface area contributed by atoms with Crippen LogP contribution in [0.2, 0.25) is 0 Å². The van der Waals surface area contributed by atoms with Gasteiger partial charge in [0.25, 0.3) is 0 Å². The van der Waals surface area contributed by atoms with E-state index in [9.17, 15) is 0 Å². The van der Waals surface area contributed by atoms with Crippen LogP contribution in [0.5, 0.6) is 0 Å². The lowest BCUT2D eigenvalue weighted by Gasteiger charge is -2.39. The van der Waals surface area contributed by atoms with Crippen molar-refractivity contribution in [1.29, 1.82) is 0 Å². The van der Waals surface area contributed by atoms with E-state index in [0.29, 0.717) is 5.41 Å². The van der Waals surface area contributed by atoms with E-state index in [2.05, 4.69) is 26.2 Å². The average molecular weight is 223 g/mol. The second kappa shape index (κ2) is 5.08. The summed E-state index contributed by atoms with van der Waals surface area (Å²) in [6.45, 7) is 4.92. The predicted octanol–water partition coefficient (Wildman–Crippen LogP) is 3.98. The van der Waals surface area contributed by atoms with E-state index in [1.54, 1.807) is 0 Å². The largest absolute Gasteiger partial charge is 0.317 e. The number of hydrogen-bond donors (Lipinski definition) is 1. The Bertz CT molecular complexity index is 217. The Balaban J connectivity index is 1.88. The van der Waals surface area contributed by atoms with Gasteiger partial charge in [0.1, 0.15) is 0 Å². The van der Waals surface area contributed by atoms with Gasteiger partial charge in [0.2, 0.25) is 0 Å². The van der Waals surface area contributed by atoms with Gasteiger partial charge in [-0.3, -0.25) is 0 Å². The van der Waals surface area contributed by atoms with Crippen LogP contribution in [0.3, 0.4) is 0 Å². The molecule has 2 atom stereocenters. The lowest BCUT2D eigenvalue weighted by molar-refractivity contribution is 0.117. The van der Waals surface area contributed by atoms with Gasteiger partial charge in [-0.05, 0) is 56.4 Å². The molecule has 0 aromatic carbocycles. The van der Waals surface area contributed by atoms with Gasteiger partial charge in [-0.15, -0.1) is 0 Å². The van der Waals surface area contributed by atoms with E-state index in [1.165, 1.54) is 51.4 Å². The smallest absolute Gasteiger partial charge is 0.00695 e. The van der Waals surface area contributed by atoms with Crippen molar-refractivity contribution < 1.29 is 0 Å². The molecule has 2 aliphatic rings. The molecule has 0 bridgehead atoms. The summed E-state index contributed by atoms with van der Waals surface area (Å²) in [5, 5.41) is 3.48. The van der Waals surface area contributed by atoms with Crippen LogP contribution in [-0.4, -0.2) is 13.1 Å². The number of rotatable bonds is 3. The summed E-state index contributed by atoms with van der Waals surface area (Å²) >= 11 is 0. The molecule has 0 saturated heterocycles. The van der Waals surface area contributed by atoms with Crippen molar-refractivity contribution >= 4 is 0 Å². The maximum absolute atomic E-state index is 3.48. The molecule has 2 fully saturated rings. The third kappa shape index (κ3) is 2.45. The molecule has 0 aromatic heterocycles. The maximum atomic E-state index is 3.48. The van der Waals surface area contributed by atoms with Gasteiger partial charge in [-0.2, -0.15) is 0 Å². The molecule has 94 valence electrons. The van der Waals surface area contributed by atoms with Crippen LogP contribution >= 0.6 is 0 Å². The van der Waals surface area contributed by atoms with Crippen molar-refractivity contribution in [2.75, 3.05) is 7.05 Å². The van der Waals surface area contributed by atoms with E-state index >= 15 is 0 Å². The second-order valence-corrected chi connectivity index (χ2v) is 6.51. The van der Waals surface area contributed by atoms with E-state index in [4.69, 9.17) is 0 Å². The fourth-order valence-corrected chi connectivity index (χ4v) is 4.16. The molecule has 2 unspecified atom stereocenters. The molecule has 0 amide bonds. The van der Waals surface area contributed by atoms with Crippen molar-refractivity contribution in [3.63, 3.8) is 0 Å². The SMILES string of the molecule is CCC1CCC(C2(C)CCC(NC)C2)CC1. The molecule has 2 rings (SSSR count). The first kappa shape index (κ1) is 12.4. The zero-order chi connectivity index (χ0) is 11.6. The van der Waals surface area contributed by atoms with E-state index < -0.39 is 0 Å². The summed E-state index contributed by atoms with van der Waals surface area (Å²) in [4.78, 5) is 0. The van der Waals surface area contributed by atoms with E-state index in [0.717, 1.165) is 17.9 Å². The molecule has 1 N–H and O–H groups in total. The summed E-state index contributed by atoms with van der Waals surface area (Å²) in [5.41, 5.74) is 0.659. The molecule has 1 heteroatoms. The van der Waals surface area contributed by atoms with Gasteiger partial charge in [0.15, 0.2) is 0 Å². The Kier molecular flexibility index (Phi) is 3.94. The van der Waals surface area contributed by atoms with Gasteiger partial charge in [-0.25, -0.2) is 0 Å². The highest BCUT2D eigenvalue weighted by Gasteiger charge is 2.41. The molecule has 2 saturated carbocycles. The van der Waals surface area contributed by atoms with Gasteiger partial charge < -0.3 is 5.32 Å². The standard InChI is InChI=1S/C15H29N/c1-4-12-5-7-13(8-6-12)15(2)10-9-14(11-15)16-3/h12-14,16H,4-11H2,1-3H3. The predicted molar refractivity (Wildman–Crippen MR) is 70.5 cm³/mol. The Labute approximate surface area is 101 Å². The van der Waals surface area contributed by atoms with Crippen molar-refractivity contribution in [2.45, 2.75) is 71.3 Å². The molecule has 0 aromatic rings. The van der Waals surface area contributed by atoms with E-state index in [1.807, 2.05) is 0 Å². The van der Waals surface area contributed by atoms with Crippen LogP contribution in [0.25, 0.3) is 0 Å². The normalized spacial score (nSPS) is 44.8. The number of nitrogens with one attached hydrogen (secondary N) is 1. The van der Waals surface area contributed by atoms with Crippen LogP contribution in [0.15, 0.2) is 0 Å². The third-order valence-electron chi connectivity index (χ3n) is 5.59. The highest BCUT2D eigenvalue weighted by molar-refractivity contribution is 4.94. The minimum absolute atomic E-state index is 0.659.